The topological polar surface area (TPSA) is 42.3 Å². The van der Waals surface area contributed by atoms with Crippen molar-refractivity contribution in [3.8, 4) is 11.4 Å². The minimum atomic E-state index is 0.00915. The highest BCUT2D eigenvalue weighted by Crippen LogP contribution is 2.43. The fourth-order valence-electron chi connectivity index (χ4n) is 5.07. The molecule has 2 aromatic heterocycles. The molecular weight excluding hydrogens is 404 g/mol. The molecule has 0 amide bonds. The highest BCUT2D eigenvalue weighted by Gasteiger charge is 2.44. The maximum Gasteiger partial charge on any atom is 0.170 e. The van der Waals surface area contributed by atoms with Gasteiger partial charge >= 0.3 is 0 Å². The van der Waals surface area contributed by atoms with Crippen LogP contribution >= 0.6 is 12.2 Å². The second-order valence-corrected chi connectivity index (χ2v) is 8.72. The fraction of sp³-hybridized carbons (Fsp3) is 0.360. The second kappa shape index (κ2) is 8.71. The van der Waals surface area contributed by atoms with E-state index in [-0.39, 0.29) is 12.1 Å². The molecule has 0 bridgehead atoms. The molecule has 5 rings (SSSR count). The molecule has 5 nitrogen and oxygen atoms in total. The zero-order valence-electron chi connectivity index (χ0n) is 17.8. The number of benzene rings is 1. The average Bonchev–Trinajstić information content (AvgIpc) is 3.44. The number of methoxy groups -OCH3 is 1. The zero-order valence-corrected chi connectivity index (χ0v) is 18.6. The molecule has 2 atom stereocenters. The molecule has 3 aromatic rings. The SMILES string of the molecule is COc1cccc(-n2cccc2C2C(c3ccccn3)NC(=S)N2C2CCCCC2)c1. The van der Waals surface area contributed by atoms with Gasteiger partial charge in [-0.2, -0.15) is 0 Å². The third kappa shape index (κ3) is 3.81. The van der Waals surface area contributed by atoms with Gasteiger partial charge in [0, 0.05) is 35.9 Å². The summed E-state index contributed by atoms with van der Waals surface area (Å²) in [7, 11) is 1.71. The molecule has 1 N–H and O–H groups in total. The standard InChI is InChI=1S/C25H28N4OS/c1-30-20-12-7-11-19(17-20)28-16-8-14-22(28)24-23(21-13-5-6-15-26-21)27-25(31)29(24)18-9-3-2-4-10-18/h5-8,11-18,23-24H,2-4,9-10H2,1H3,(H,27,31). The lowest BCUT2D eigenvalue weighted by Crippen LogP contribution is -2.40. The molecule has 2 fully saturated rings. The van der Waals surface area contributed by atoms with Gasteiger partial charge < -0.3 is 19.5 Å². The first-order valence-electron chi connectivity index (χ1n) is 11.1. The Morgan fingerprint density at radius 1 is 1.03 bits per heavy atom. The molecule has 2 unspecified atom stereocenters. The van der Waals surface area contributed by atoms with Gasteiger partial charge in [0.25, 0.3) is 0 Å². The summed E-state index contributed by atoms with van der Waals surface area (Å²) in [4.78, 5) is 7.14. The number of pyridine rings is 1. The maximum atomic E-state index is 5.91. The highest BCUT2D eigenvalue weighted by atomic mass is 32.1. The number of aromatic nitrogens is 2. The summed E-state index contributed by atoms with van der Waals surface area (Å²) in [6.45, 7) is 0. The van der Waals surface area contributed by atoms with Crippen molar-refractivity contribution < 1.29 is 4.74 Å². The molecule has 3 heterocycles. The Balaban J connectivity index is 1.60. The number of hydrogen-bond acceptors (Lipinski definition) is 3. The number of rotatable bonds is 5. The molecule has 31 heavy (non-hydrogen) atoms. The number of hydrogen-bond donors (Lipinski definition) is 1. The number of ether oxygens (including phenoxy) is 1. The molecule has 0 radical (unpaired) electrons. The highest BCUT2D eigenvalue weighted by molar-refractivity contribution is 7.80. The van der Waals surface area contributed by atoms with Crippen LogP contribution < -0.4 is 10.1 Å². The van der Waals surface area contributed by atoms with Gasteiger partial charge in [-0.1, -0.05) is 31.4 Å². The van der Waals surface area contributed by atoms with Gasteiger partial charge in [-0.05, 0) is 61.5 Å². The van der Waals surface area contributed by atoms with Crippen LogP contribution in [0, 0.1) is 0 Å². The van der Waals surface area contributed by atoms with E-state index in [1.165, 1.54) is 37.8 Å². The van der Waals surface area contributed by atoms with Crippen LogP contribution in [0.1, 0.15) is 55.6 Å². The van der Waals surface area contributed by atoms with Crippen molar-refractivity contribution in [3.05, 3.63) is 78.4 Å². The summed E-state index contributed by atoms with van der Waals surface area (Å²) in [5, 5.41) is 4.45. The molecule has 1 aromatic carbocycles. The van der Waals surface area contributed by atoms with Crippen LogP contribution in [0.25, 0.3) is 5.69 Å². The largest absolute Gasteiger partial charge is 0.497 e. The van der Waals surface area contributed by atoms with Gasteiger partial charge in [0.1, 0.15) is 5.75 Å². The van der Waals surface area contributed by atoms with Crippen LogP contribution in [0.5, 0.6) is 5.75 Å². The monoisotopic (exact) mass is 432 g/mol. The Hall–Kier alpha value is -2.86. The number of nitrogens with one attached hydrogen (secondary N) is 1. The third-order valence-corrected chi connectivity index (χ3v) is 6.85. The van der Waals surface area contributed by atoms with Crippen molar-refractivity contribution >= 4 is 17.3 Å². The molecule has 6 heteroatoms. The van der Waals surface area contributed by atoms with E-state index in [1.54, 1.807) is 7.11 Å². The van der Waals surface area contributed by atoms with Gasteiger partial charge in [0.05, 0.1) is 24.9 Å². The van der Waals surface area contributed by atoms with Crippen LogP contribution in [0.2, 0.25) is 0 Å². The van der Waals surface area contributed by atoms with Crippen LogP contribution in [0.15, 0.2) is 67.0 Å². The van der Waals surface area contributed by atoms with Crippen molar-refractivity contribution in [1.29, 1.82) is 0 Å². The first kappa shape index (κ1) is 20.1. The van der Waals surface area contributed by atoms with Crippen molar-refractivity contribution in [2.24, 2.45) is 0 Å². The molecule has 160 valence electrons. The van der Waals surface area contributed by atoms with Crippen LogP contribution in [-0.2, 0) is 0 Å². The van der Waals surface area contributed by atoms with Gasteiger partial charge in [-0.25, -0.2) is 0 Å². The Morgan fingerprint density at radius 3 is 2.68 bits per heavy atom. The molecule has 1 saturated carbocycles. The van der Waals surface area contributed by atoms with E-state index in [9.17, 15) is 0 Å². The van der Waals surface area contributed by atoms with E-state index in [2.05, 4.69) is 62.4 Å². The molecule has 1 saturated heterocycles. The lowest BCUT2D eigenvalue weighted by molar-refractivity contribution is 0.193. The predicted molar refractivity (Wildman–Crippen MR) is 126 cm³/mol. The predicted octanol–water partition coefficient (Wildman–Crippen LogP) is 5.19. The van der Waals surface area contributed by atoms with Crippen molar-refractivity contribution in [2.45, 2.75) is 50.2 Å². The first-order valence-corrected chi connectivity index (χ1v) is 11.5. The fourth-order valence-corrected chi connectivity index (χ4v) is 5.45. The van der Waals surface area contributed by atoms with Crippen LogP contribution in [0.3, 0.4) is 0 Å². The lowest BCUT2D eigenvalue weighted by Gasteiger charge is -2.37. The van der Waals surface area contributed by atoms with Gasteiger partial charge in [0.2, 0.25) is 0 Å². The van der Waals surface area contributed by atoms with E-state index in [4.69, 9.17) is 17.0 Å². The van der Waals surface area contributed by atoms with E-state index < -0.39 is 0 Å². The zero-order chi connectivity index (χ0) is 21.2. The molecule has 1 aliphatic carbocycles. The number of nitrogens with zero attached hydrogens (tertiary/aromatic N) is 3. The van der Waals surface area contributed by atoms with E-state index in [0.29, 0.717) is 6.04 Å². The summed E-state index contributed by atoms with van der Waals surface area (Å²) in [6.07, 6.45) is 10.2. The van der Waals surface area contributed by atoms with Gasteiger partial charge in [0.15, 0.2) is 5.11 Å². The Morgan fingerprint density at radius 2 is 1.90 bits per heavy atom. The summed E-state index contributed by atoms with van der Waals surface area (Å²) >= 11 is 5.91. The maximum absolute atomic E-state index is 5.91. The van der Waals surface area contributed by atoms with Crippen LogP contribution in [-0.4, -0.2) is 32.7 Å². The van der Waals surface area contributed by atoms with E-state index >= 15 is 0 Å². The van der Waals surface area contributed by atoms with Crippen molar-refractivity contribution in [2.75, 3.05) is 7.11 Å². The third-order valence-electron chi connectivity index (χ3n) is 6.52. The number of thiocarbonyl (C=S) groups is 1. The lowest BCUT2D eigenvalue weighted by atomic mass is 9.92. The van der Waals surface area contributed by atoms with E-state index in [1.807, 2.05) is 24.4 Å². The Labute approximate surface area is 189 Å². The molecule has 0 spiro atoms. The molecular formula is C25H28N4OS. The van der Waals surface area contributed by atoms with Crippen LogP contribution in [0.4, 0.5) is 0 Å². The minimum Gasteiger partial charge on any atom is -0.497 e. The van der Waals surface area contributed by atoms with E-state index in [0.717, 1.165) is 22.2 Å². The molecule has 2 aliphatic rings. The summed E-state index contributed by atoms with van der Waals surface area (Å²) in [6, 6.07) is 19.2. The molecule has 1 aliphatic heterocycles. The second-order valence-electron chi connectivity index (χ2n) is 8.33. The van der Waals surface area contributed by atoms with Gasteiger partial charge in [-0.15, -0.1) is 0 Å². The Bertz CT molecular complexity index is 1040. The average molecular weight is 433 g/mol. The minimum absolute atomic E-state index is 0.00915. The quantitative estimate of drug-likeness (QED) is 0.562. The summed E-state index contributed by atoms with van der Waals surface area (Å²) in [5.74, 6) is 0.850. The summed E-state index contributed by atoms with van der Waals surface area (Å²) in [5.41, 5.74) is 3.31. The summed E-state index contributed by atoms with van der Waals surface area (Å²) < 4.78 is 7.73. The Kier molecular flexibility index (Phi) is 5.64. The first-order chi connectivity index (χ1) is 15.3. The normalized spacial score (nSPS) is 21.8. The van der Waals surface area contributed by atoms with Gasteiger partial charge in [-0.3, -0.25) is 4.98 Å². The van der Waals surface area contributed by atoms with Crippen molar-refractivity contribution in [1.82, 2.24) is 19.8 Å². The smallest absolute Gasteiger partial charge is 0.170 e. The van der Waals surface area contributed by atoms with Crippen molar-refractivity contribution in [3.63, 3.8) is 0 Å².